The summed E-state index contributed by atoms with van der Waals surface area (Å²) in [7, 11) is 3.55. The number of anilines is 5. The largest absolute Gasteiger partial charge is 0.494 e. The number of ether oxygens (including phenoxy) is 1. The third-order valence-corrected chi connectivity index (χ3v) is 10.6. The van der Waals surface area contributed by atoms with Crippen molar-refractivity contribution in [2.75, 3.05) is 82.3 Å². The molecule has 0 bridgehead atoms. The van der Waals surface area contributed by atoms with E-state index < -0.39 is 7.92 Å². The summed E-state index contributed by atoms with van der Waals surface area (Å²) in [5.74, 6) is 1.96. The minimum atomic E-state index is -0.393. The molecule has 2 aliphatic heterocycles. The van der Waals surface area contributed by atoms with E-state index in [0.717, 1.165) is 40.2 Å². The molecule has 0 amide bonds. The van der Waals surface area contributed by atoms with Gasteiger partial charge in [-0.1, -0.05) is 7.92 Å². The Morgan fingerprint density at radius 2 is 1.77 bits per heavy atom. The second-order valence-corrected chi connectivity index (χ2v) is 14.8. The molecule has 0 spiro atoms. The van der Waals surface area contributed by atoms with Gasteiger partial charge in [-0.25, -0.2) is 9.50 Å². The van der Waals surface area contributed by atoms with Gasteiger partial charge >= 0.3 is 0 Å². The van der Waals surface area contributed by atoms with Crippen LogP contribution < -0.4 is 25.6 Å². The van der Waals surface area contributed by atoms with Crippen molar-refractivity contribution in [2.24, 2.45) is 0 Å². The first kappa shape index (κ1) is 30.1. The number of piperazine rings is 1. The molecule has 0 unspecified atom stereocenters. The van der Waals surface area contributed by atoms with E-state index in [9.17, 15) is 0 Å². The van der Waals surface area contributed by atoms with Crippen molar-refractivity contribution in [3.63, 3.8) is 0 Å². The lowest BCUT2D eigenvalue weighted by Gasteiger charge is -2.43. The molecule has 2 fully saturated rings. The second-order valence-electron chi connectivity index (χ2n) is 11.7. The first-order valence-electron chi connectivity index (χ1n) is 14.9. The molecule has 2 N–H and O–H groups in total. The van der Waals surface area contributed by atoms with Gasteiger partial charge in [0.1, 0.15) is 11.6 Å². The predicted molar refractivity (Wildman–Crippen MR) is 182 cm³/mol. The van der Waals surface area contributed by atoms with Gasteiger partial charge in [-0.15, -0.1) is 0 Å². The highest BCUT2D eigenvalue weighted by Crippen LogP contribution is 2.37. The van der Waals surface area contributed by atoms with Crippen LogP contribution in [0.2, 0.25) is 0 Å². The summed E-state index contributed by atoms with van der Waals surface area (Å²) < 4.78 is 8.57. The van der Waals surface area contributed by atoms with Crippen LogP contribution in [-0.4, -0.2) is 102 Å². The number of aryl methyl sites for hydroxylation is 1. The van der Waals surface area contributed by atoms with Crippen LogP contribution in [0.4, 0.5) is 28.8 Å². The zero-order valence-electron chi connectivity index (χ0n) is 25.6. The fourth-order valence-electron chi connectivity index (χ4n) is 6.26. The van der Waals surface area contributed by atoms with Crippen molar-refractivity contribution in [3.05, 3.63) is 52.9 Å². The number of fused-ring (bicyclic) bond motifs is 1. The number of nitrogens with one attached hydrogen (secondary N) is 2. The summed E-state index contributed by atoms with van der Waals surface area (Å²) in [6.45, 7) is 13.5. The molecular weight excluding hydrogens is 625 g/mol. The SMILES string of the molecule is COc1cc(N2CCC(N3CCN(C)CC3)CC2)c(C)cc1Nc1ncc(Br)c(Nc2ccn3nccc3c2P(C)C)n1. The fourth-order valence-corrected chi connectivity index (χ4v) is 7.80. The fraction of sp³-hybridized carbons (Fsp3) is 0.452. The number of nitrogens with zero attached hydrogens (tertiary/aromatic N) is 7. The average molecular weight is 667 g/mol. The Morgan fingerprint density at radius 1 is 1.00 bits per heavy atom. The third-order valence-electron chi connectivity index (χ3n) is 8.62. The highest BCUT2D eigenvalue weighted by atomic mass is 79.9. The van der Waals surface area contributed by atoms with E-state index in [1.54, 1.807) is 13.3 Å². The van der Waals surface area contributed by atoms with Crippen LogP contribution in [0.15, 0.2) is 47.3 Å². The topological polar surface area (TPSA) is 86.1 Å². The Hall–Kier alpha value is -2.98. The van der Waals surface area contributed by atoms with Crippen LogP contribution >= 0.6 is 23.9 Å². The molecule has 0 aliphatic carbocycles. The lowest BCUT2D eigenvalue weighted by atomic mass is 10.0. The molecule has 1 aromatic carbocycles. The van der Waals surface area contributed by atoms with Gasteiger partial charge < -0.3 is 25.2 Å². The number of methoxy groups -OCH3 is 1. The molecule has 10 nitrogen and oxygen atoms in total. The summed E-state index contributed by atoms with van der Waals surface area (Å²) in [4.78, 5) is 17.0. The van der Waals surface area contributed by atoms with Crippen LogP contribution in [-0.2, 0) is 0 Å². The number of benzene rings is 1. The van der Waals surface area contributed by atoms with Crippen LogP contribution in [0.3, 0.4) is 0 Å². The zero-order valence-corrected chi connectivity index (χ0v) is 28.1. The molecule has 0 radical (unpaired) electrons. The molecule has 2 aliphatic rings. The van der Waals surface area contributed by atoms with Crippen LogP contribution in [0.25, 0.3) is 5.52 Å². The van der Waals surface area contributed by atoms with Gasteiger partial charge in [-0.3, -0.25) is 4.90 Å². The number of rotatable bonds is 8. The lowest BCUT2D eigenvalue weighted by Crippen LogP contribution is -2.52. The number of likely N-dealkylation sites (N-methyl/N-ethyl adjacent to an activating group) is 1. The smallest absolute Gasteiger partial charge is 0.229 e. The van der Waals surface area contributed by atoms with Gasteiger partial charge in [0.15, 0.2) is 0 Å². The van der Waals surface area contributed by atoms with Gasteiger partial charge in [0, 0.05) is 74.8 Å². The Labute approximate surface area is 263 Å². The molecule has 0 saturated carbocycles. The summed E-state index contributed by atoms with van der Waals surface area (Å²) in [5.41, 5.74) is 5.40. The molecule has 0 atom stereocenters. The highest BCUT2D eigenvalue weighted by molar-refractivity contribution is 9.10. The van der Waals surface area contributed by atoms with Crippen molar-refractivity contribution in [2.45, 2.75) is 25.8 Å². The van der Waals surface area contributed by atoms with Crippen molar-refractivity contribution in [3.8, 4) is 5.75 Å². The maximum Gasteiger partial charge on any atom is 0.229 e. The van der Waals surface area contributed by atoms with E-state index in [0.29, 0.717) is 17.8 Å². The Balaban J connectivity index is 1.18. The van der Waals surface area contributed by atoms with Gasteiger partial charge in [0.2, 0.25) is 5.95 Å². The number of piperidine rings is 1. The van der Waals surface area contributed by atoms with E-state index in [2.05, 4.69) is 103 Å². The quantitative estimate of drug-likeness (QED) is 0.244. The number of aromatic nitrogens is 4. The van der Waals surface area contributed by atoms with E-state index in [-0.39, 0.29) is 0 Å². The van der Waals surface area contributed by atoms with E-state index >= 15 is 0 Å². The second kappa shape index (κ2) is 12.9. The van der Waals surface area contributed by atoms with E-state index in [4.69, 9.17) is 9.72 Å². The van der Waals surface area contributed by atoms with Crippen molar-refractivity contribution >= 4 is 63.5 Å². The minimum absolute atomic E-state index is 0.393. The van der Waals surface area contributed by atoms with Gasteiger partial charge in [-0.05, 0) is 79.8 Å². The highest BCUT2D eigenvalue weighted by Gasteiger charge is 2.28. The van der Waals surface area contributed by atoms with E-state index in [1.807, 2.05) is 16.9 Å². The Kier molecular flexibility index (Phi) is 9.05. The lowest BCUT2D eigenvalue weighted by molar-refractivity contribution is 0.0982. The third kappa shape index (κ3) is 6.45. The molecule has 3 aromatic heterocycles. The molecule has 4 aromatic rings. The predicted octanol–water partition coefficient (Wildman–Crippen LogP) is 5.27. The Morgan fingerprint density at radius 3 is 2.49 bits per heavy atom. The molecule has 2 saturated heterocycles. The van der Waals surface area contributed by atoms with Gasteiger partial charge in [0.05, 0.1) is 34.7 Å². The Bertz CT molecular complexity index is 1580. The molecule has 43 heavy (non-hydrogen) atoms. The van der Waals surface area contributed by atoms with Gasteiger partial charge in [0.25, 0.3) is 0 Å². The number of halogens is 1. The summed E-state index contributed by atoms with van der Waals surface area (Å²) in [5, 5.41) is 12.6. The van der Waals surface area contributed by atoms with Gasteiger partial charge in [-0.2, -0.15) is 10.1 Å². The first-order chi connectivity index (χ1) is 20.8. The van der Waals surface area contributed by atoms with Crippen molar-refractivity contribution in [1.82, 2.24) is 29.4 Å². The normalized spacial score (nSPS) is 17.1. The number of hydrogen-bond acceptors (Lipinski definition) is 9. The average Bonchev–Trinajstić information content (AvgIpc) is 3.48. The first-order valence-corrected chi connectivity index (χ1v) is 17.9. The number of pyridine rings is 1. The van der Waals surface area contributed by atoms with Crippen molar-refractivity contribution in [1.29, 1.82) is 0 Å². The number of hydrogen-bond donors (Lipinski definition) is 2. The van der Waals surface area contributed by atoms with Crippen LogP contribution in [0, 0.1) is 6.92 Å². The minimum Gasteiger partial charge on any atom is -0.494 e. The molecule has 6 rings (SSSR count). The molecule has 12 heteroatoms. The molecule has 228 valence electrons. The molecule has 5 heterocycles. The summed E-state index contributed by atoms with van der Waals surface area (Å²) in [6.07, 6.45) is 7.97. The molecular formula is C31H41BrN9OP. The standard InChI is InChI=1S/C31H41BrN9OP/c1-21-18-25(28(42-3)19-27(21)40-11-7-22(8-12-40)39-16-14-38(2)15-17-39)36-31-33-20-23(32)30(37-31)35-24-9-13-41-26(6-10-34-41)29(24)43(4)5/h6,9-10,13,18-20,22H,7-8,11-12,14-17H2,1-5H3,(H2,33,35,36,37). The van der Waals surface area contributed by atoms with Crippen LogP contribution in [0.5, 0.6) is 5.75 Å². The monoisotopic (exact) mass is 665 g/mol. The zero-order chi connectivity index (χ0) is 30.1. The maximum atomic E-state index is 5.87. The van der Waals surface area contributed by atoms with Crippen LogP contribution in [0.1, 0.15) is 18.4 Å². The maximum absolute atomic E-state index is 5.87. The van der Waals surface area contributed by atoms with Crippen molar-refractivity contribution < 1.29 is 4.74 Å². The van der Waals surface area contributed by atoms with E-state index in [1.165, 1.54) is 55.6 Å². The summed E-state index contributed by atoms with van der Waals surface area (Å²) >= 11 is 3.64. The summed E-state index contributed by atoms with van der Waals surface area (Å²) in [6, 6.07) is 9.10.